The van der Waals surface area contributed by atoms with Crippen LogP contribution in [0.1, 0.15) is 10.4 Å². The lowest BCUT2D eigenvalue weighted by molar-refractivity contribution is 0.102. The number of amides is 1. The lowest BCUT2D eigenvalue weighted by atomic mass is 10.2. The fourth-order valence-corrected chi connectivity index (χ4v) is 3.00. The number of nitrogens with one attached hydrogen (secondary N) is 1. The van der Waals surface area contributed by atoms with Crippen molar-refractivity contribution in [2.45, 2.75) is 5.16 Å². The van der Waals surface area contributed by atoms with Crippen LogP contribution in [0.5, 0.6) is 11.5 Å². The Morgan fingerprint density at radius 3 is 2.45 bits per heavy atom. The third-order valence-electron chi connectivity index (χ3n) is 2.61. The average molecular weight is 343 g/mol. The van der Waals surface area contributed by atoms with Gasteiger partial charge in [0.15, 0.2) is 11.5 Å². The number of carbonyl (C=O) groups is 1. The zero-order chi connectivity index (χ0) is 16.3. The molecule has 1 aromatic heterocycles. The predicted molar refractivity (Wildman–Crippen MR) is 80.5 cm³/mol. The summed E-state index contributed by atoms with van der Waals surface area (Å²) in [6.45, 7) is 0. The summed E-state index contributed by atoms with van der Waals surface area (Å²) in [5.74, 6) is 0.440. The van der Waals surface area contributed by atoms with Gasteiger partial charge in [0.1, 0.15) is 0 Å². The monoisotopic (exact) mass is 343 g/mol. The highest BCUT2D eigenvalue weighted by atomic mass is 32.2. The highest BCUT2D eigenvalue weighted by Crippen LogP contribution is 2.28. The number of aromatic nitrogens is 2. The minimum atomic E-state index is -3.50. The van der Waals surface area contributed by atoms with Gasteiger partial charge >= 0.3 is 0 Å². The maximum absolute atomic E-state index is 12.1. The van der Waals surface area contributed by atoms with Crippen molar-refractivity contribution in [3.63, 3.8) is 0 Å². The molecular formula is C12H13N3O5S2. The lowest BCUT2D eigenvalue weighted by Crippen LogP contribution is -2.12. The number of hydrogen-bond acceptors (Lipinski definition) is 8. The van der Waals surface area contributed by atoms with Crippen molar-refractivity contribution >= 4 is 32.4 Å². The molecule has 1 aromatic carbocycles. The standard InChI is InChI=1S/C12H13N3O5S2/c1-19-8-5-4-7(6-9(8)20-2)10(16)13-11-14-12(15-21-11)22(3,17)18/h4-6H,1-3H3,(H,13,14,15,16). The zero-order valence-corrected chi connectivity index (χ0v) is 13.6. The van der Waals surface area contributed by atoms with Crippen LogP contribution in [0.4, 0.5) is 5.13 Å². The number of carbonyl (C=O) groups excluding carboxylic acids is 1. The normalized spacial score (nSPS) is 11.0. The summed E-state index contributed by atoms with van der Waals surface area (Å²) in [6, 6.07) is 4.65. The van der Waals surface area contributed by atoms with Gasteiger partial charge in [0, 0.05) is 23.4 Å². The molecule has 0 unspecified atom stereocenters. The molecule has 0 spiro atoms. The molecule has 2 aromatic rings. The molecule has 0 saturated carbocycles. The number of methoxy groups -OCH3 is 2. The van der Waals surface area contributed by atoms with E-state index in [1.54, 1.807) is 12.1 Å². The first kappa shape index (κ1) is 16.2. The van der Waals surface area contributed by atoms with Gasteiger partial charge in [0.2, 0.25) is 15.0 Å². The predicted octanol–water partition coefficient (Wildman–Crippen LogP) is 1.21. The third kappa shape index (κ3) is 3.52. The van der Waals surface area contributed by atoms with Crippen LogP contribution in [-0.4, -0.2) is 44.2 Å². The topological polar surface area (TPSA) is 107 Å². The minimum Gasteiger partial charge on any atom is -0.493 e. The molecule has 118 valence electrons. The van der Waals surface area contributed by atoms with Gasteiger partial charge in [-0.05, 0) is 18.2 Å². The molecule has 0 radical (unpaired) electrons. The number of anilines is 1. The van der Waals surface area contributed by atoms with E-state index in [0.717, 1.165) is 17.8 Å². The summed E-state index contributed by atoms with van der Waals surface area (Å²) >= 11 is 0.789. The van der Waals surface area contributed by atoms with Gasteiger partial charge in [0.25, 0.3) is 11.1 Å². The molecule has 0 atom stereocenters. The Kier molecular flexibility index (Phi) is 4.62. The fraction of sp³-hybridized carbons (Fsp3) is 0.250. The van der Waals surface area contributed by atoms with E-state index in [4.69, 9.17) is 9.47 Å². The molecule has 8 nitrogen and oxygen atoms in total. The van der Waals surface area contributed by atoms with E-state index in [-0.39, 0.29) is 10.3 Å². The van der Waals surface area contributed by atoms with Gasteiger partial charge in [-0.2, -0.15) is 9.36 Å². The molecule has 0 bridgehead atoms. The molecule has 22 heavy (non-hydrogen) atoms. The van der Waals surface area contributed by atoms with Crippen LogP contribution < -0.4 is 14.8 Å². The highest BCUT2D eigenvalue weighted by Gasteiger charge is 2.17. The Labute approximate surface area is 131 Å². The summed E-state index contributed by atoms with van der Waals surface area (Å²) in [5.41, 5.74) is 0.314. The Morgan fingerprint density at radius 1 is 1.23 bits per heavy atom. The van der Waals surface area contributed by atoms with Crippen molar-refractivity contribution in [3.8, 4) is 11.5 Å². The van der Waals surface area contributed by atoms with Crippen molar-refractivity contribution in [1.29, 1.82) is 0 Å². The first-order chi connectivity index (χ1) is 10.3. The summed E-state index contributed by atoms with van der Waals surface area (Å²) in [5, 5.41) is 2.26. The second kappa shape index (κ2) is 6.28. The number of benzene rings is 1. The fourth-order valence-electron chi connectivity index (χ4n) is 1.56. The number of sulfone groups is 1. The molecule has 0 saturated heterocycles. The van der Waals surface area contributed by atoms with Crippen LogP contribution in [0, 0.1) is 0 Å². The van der Waals surface area contributed by atoms with Gasteiger partial charge in [-0.3, -0.25) is 10.1 Å². The summed E-state index contributed by atoms with van der Waals surface area (Å²) in [6.07, 6.45) is 0.995. The van der Waals surface area contributed by atoms with E-state index in [1.165, 1.54) is 20.3 Å². The SMILES string of the molecule is COc1ccc(C(=O)Nc2nc(S(C)(=O)=O)ns2)cc1OC. The molecular weight excluding hydrogens is 330 g/mol. The van der Waals surface area contributed by atoms with Gasteiger partial charge in [0.05, 0.1) is 14.2 Å². The van der Waals surface area contributed by atoms with E-state index in [0.29, 0.717) is 17.1 Å². The number of ether oxygens (including phenoxy) is 2. The Balaban J connectivity index is 2.20. The number of hydrogen-bond donors (Lipinski definition) is 1. The Hall–Kier alpha value is -2.20. The molecule has 1 amide bonds. The molecule has 0 aliphatic heterocycles. The number of nitrogens with zero attached hydrogens (tertiary/aromatic N) is 2. The largest absolute Gasteiger partial charge is 0.493 e. The van der Waals surface area contributed by atoms with Crippen LogP contribution in [0.15, 0.2) is 23.4 Å². The third-order valence-corrected chi connectivity index (χ3v) is 4.20. The van der Waals surface area contributed by atoms with E-state index in [1.807, 2.05) is 0 Å². The first-order valence-corrected chi connectivity index (χ1v) is 8.58. The van der Waals surface area contributed by atoms with Crippen molar-refractivity contribution in [2.24, 2.45) is 0 Å². The van der Waals surface area contributed by atoms with Crippen molar-refractivity contribution < 1.29 is 22.7 Å². The van der Waals surface area contributed by atoms with Gasteiger partial charge in [-0.1, -0.05) is 0 Å². The summed E-state index contributed by atoms with van der Waals surface area (Å²) in [4.78, 5) is 15.9. The molecule has 2 rings (SSSR count). The lowest BCUT2D eigenvalue weighted by Gasteiger charge is -2.08. The van der Waals surface area contributed by atoms with Crippen LogP contribution in [0.2, 0.25) is 0 Å². The van der Waals surface area contributed by atoms with E-state index in [9.17, 15) is 13.2 Å². The van der Waals surface area contributed by atoms with Crippen LogP contribution >= 0.6 is 11.5 Å². The highest BCUT2D eigenvalue weighted by molar-refractivity contribution is 7.90. The molecule has 0 aliphatic rings. The van der Waals surface area contributed by atoms with E-state index in [2.05, 4.69) is 14.7 Å². The van der Waals surface area contributed by atoms with Gasteiger partial charge < -0.3 is 9.47 Å². The first-order valence-electron chi connectivity index (χ1n) is 5.92. The van der Waals surface area contributed by atoms with Crippen molar-refractivity contribution in [3.05, 3.63) is 23.8 Å². The maximum atomic E-state index is 12.1. The number of rotatable bonds is 5. The van der Waals surface area contributed by atoms with Crippen LogP contribution in [0.3, 0.4) is 0 Å². The van der Waals surface area contributed by atoms with Crippen LogP contribution in [0.25, 0.3) is 0 Å². The van der Waals surface area contributed by atoms with Crippen LogP contribution in [-0.2, 0) is 9.84 Å². The molecule has 1 N–H and O–H groups in total. The molecule has 1 heterocycles. The quantitative estimate of drug-likeness (QED) is 0.869. The molecule has 10 heteroatoms. The molecule has 0 aliphatic carbocycles. The second-order valence-corrected chi connectivity index (χ2v) is 6.84. The molecule has 0 fully saturated rings. The zero-order valence-electron chi connectivity index (χ0n) is 12.0. The van der Waals surface area contributed by atoms with Crippen molar-refractivity contribution in [1.82, 2.24) is 9.36 Å². The smallest absolute Gasteiger partial charge is 0.260 e. The average Bonchev–Trinajstić information content (AvgIpc) is 2.95. The minimum absolute atomic E-state index is 0.0974. The second-order valence-electron chi connectivity index (χ2n) is 4.18. The maximum Gasteiger partial charge on any atom is 0.260 e. The van der Waals surface area contributed by atoms with E-state index >= 15 is 0 Å². The summed E-state index contributed by atoms with van der Waals surface area (Å²) in [7, 11) is -0.549. The van der Waals surface area contributed by atoms with Gasteiger partial charge in [-0.25, -0.2) is 8.42 Å². The summed E-state index contributed by atoms with van der Waals surface area (Å²) < 4.78 is 36.5. The van der Waals surface area contributed by atoms with E-state index < -0.39 is 15.7 Å². The Morgan fingerprint density at radius 2 is 1.91 bits per heavy atom. The van der Waals surface area contributed by atoms with Gasteiger partial charge in [-0.15, -0.1) is 0 Å². The Bertz CT molecular complexity index is 801. The van der Waals surface area contributed by atoms with Crippen molar-refractivity contribution in [2.75, 3.05) is 25.8 Å².